The van der Waals surface area contributed by atoms with E-state index in [1.165, 1.54) is 12.8 Å². The van der Waals surface area contributed by atoms with Crippen molar-refractivity contribution < 1.29 is 9.84 Å². The number of nitrogens with zero attached hydrogens (tertiary/aromatic N) is 2. The Morgan fingerprint density at radius 1 is 1.44 bits per heavy atom. The number of hydrogen-bond donors (Lipinski definition) is 1. The Kier molecular flexibility index (Phi) is 4.25. The average molecular weight is 222 g/mol. The Morgan fingerprint density at radius 2 is 2.38 bits per heavy atom. The summed E-state index contributed by atoms with van der Waals surface area (Å²) in [5, 5.41) is 9.89. The molecule has 0 radical (unpaired) electrons. The lowest BCUT2D eigenvalue weighted by molar-refractivity contribution is 0.00183. The molecule has 1 fully saturated rings. The Balaban J connectivity index is 1.77. The number of aromatic nitrogens is 2. The monoisotopic (exact) mass is 222 g/mol. The van der Waals surface area contributed by atoms with Gasteiger partial charge in [0.1, 0.15) is 0 Å². The number of rotatable bonds is 4. The molecule has 1 N–H and O–H groups in total. The minimum atomic E-state index is -0.515. The lowest BCUT2D eigenvalue weighted by Crippen LogP contribution is -2.19. The molecule has 2 atom stereocenters. The molecule has 4 nitrogen and oxygen atoms in total. The van der Waals surface area contributed by atoms with Gasteiger partial charge in [-0.05, 0) is 32.1 Å². The van der Waals surface area contributed by atoms with Gasteiger partial charge in [-0.1, -0.05) is 0 Å². The Bertz CT molecular complexity index is 299. The van der Waals surface area contributed by atoms with Gasteiger partial charge < -0.3 is 9.84 Å². The van der Waals surface area contributed by atoms with E-state index >= 15 is 0 Å². The Labute approximate surface area is 95.7 Å². The van der Waals surface area contributed by atoms with Crippen molar-refractivity contribution in [3.05, 3.63) is 24.3 Å². The van der Waals surface area contributed by atoms with E-state index in [0.717, 1.165) is 19.4 Å². The highest BCUT2D eigenvalue weighted by atomic mass is 16.5. The predicted molar refractivity (Wildman–Crippen MR) is 59.8 cm³/mol. The van der Waals surface area contributed by atoms with Gasteiger partial charge in [0, 0.05) is 19.0 Å². The molecule has 0 bridgehead atoms. The zero-order chi connectivity index (χ0) is 11.2. The van der Waals surface area contributed by atoms with Gasteiger partial charge in [0.2, 0.25) is 0 Å². The van der Waals surface area contributed by atoms with Crippen molar-refractivity contribution in [3.63, 3.8) is 0 Å². The van der Waals surface area contributed by atoms with Crippen LogP contribution >= 0.6 is 0 Å². The van der Waals surface area contributed by atoms with Crippen LogP contribution in [-0.2, 0) is 4.74 Å². The lowest BCUT2D eigenvalue weighted by Gasteiger charge is -2.23. The fourth-order valence-corrected chi connectivity index (χ4v) is 2.01. The highest BCUT2D eigenvalue weighted by Gasteiger charge is 2.16. The number of aliphatic hydroxyl groups is 1. The third-order valence-corrected chi connectivity index (χ3v) is 2.96. The summed E-state index contributed by atoms with van der Waals surface area (Å²) in [5.74, 6) is 0. The molecule has 1 aromatic heterocycles. The number of ether oxygens (including phenoxy) is 1. The second-order valence-electron chi connectivity index (χ2n) is 4.21. The molecule has 0 spiro atoms. The maximum absolute atomic E-state index is 9.89. The zero-order valence-electron chi connectivity index (χ0n) is 9.38. The summed E-state index contributed by atoms with van der Waals surface area (Å²) in [5.41, 5.74) is 0.651. The molecule has 1 aromatic rings. The van der Waals surface area contributed by atoms with Crippen LogP contribution in [0.2, 0.25) is 0 Å². The predicted octanol–water partition coefficient (Wildman–Crippen LogP) is 1.86. The smallest absolute Gasteiger partial charge is 0.0976 e. The normalized spacial score (nSPS) is 22.9. The third-order valence-electron chi connectivity index (χ3n) is 2.96. The fraction of sp³-hybridized carbons (Fsp3) is 0.667. The van der Waals surface area contributed by atoms with E-state index in [0.29, 0.717) is 18.2 Å². The van der Waals surface area contributed by atoms with Crippen LogP contribution < -0.4 is 0 Å². The first-order chi connectivity index (χ1) is 7.86. The quantitative estimate of drug-likeness (QED) is 0.844. The van der Waals surface area contributed by atoms with Gasteiger partial charge in [0.05, 0.1) is 24.1 Å². The summed E-state index contributed by atoms with van der Waals surface area (Å²) < 4.78 is 5.62. The van der Waals surface area contributed by atoms with Crippen LogP contribution in [-0.4, -0.2) is 27.8 Å². The van der Waals surface area contributed by atoms with E-state index in [1.54, 1.807) is 18.6 Å². The molecule has 0 saturated carbocycles. The second kappa shape index (κ2) is 5.92. The van der Waals surface area contributed by atoms with Crippen molar-refractivity contribution in [2.75, 3.05) is 6.61 Å². The molecule has 0 amide bonds. The van der Waals surface area contributed by atoms with Crippen LogP contribution in [0.3, 0.4) is 0 Å². The SMILES string of the molecule is OC(CCC1CCCCO1)c1cnccn1. The van der Waals surface area contributed by atoms with E-state index in [9.17, 15) is 5.11 Å². The number of aliphatic hydroxyl groups excluding tert-OH is 1. The van der Waals surface area contributed by atoms with E-state index in [4.69, 9.17) is 4.74 Å². The van der Waals surface area contributed by atoms with Crippen molar-refractivity contribution >= 4 is 0 Å². The summed E-state index contributed by atoms with van der Waals surface area (Å²) in [6.07, 6.45) is 9.77. The Hall–Kier alpha value is -1.00. The molecule has 16 heavy (non-hydrogen) atoms. The van der Waals surface area contributed by atoms with Crippen molar-refractivity contribution in [2.24, 2.45) is 0 Å². The molecule has 0 aromatic carbocycles. The maximum Gasteiger partial charge on any atom is 0.0976 e. The van der Waals surface area contributed by atoms with Crippen molar-refractivity contribution in [2.45, 2.75) is 44.3 Å². The first-order valence-corrected chi connectivity index (χ1v) is 5.92. The molecule has 2 unspecified atom stereocenters. The molecule has 1 aliphatic heterocycles. The van der Waals surface area contributed by atoms with Gasteiger partial charge in [-0.25, -0.2) is 0 Å². The zero-order valence-corrected chi connectivity index (χ0v) is 9.38. The fourth-order valence-electron chi connectivity index (χ4n) is 2.01. The van der Waals surface area contributed by atoms with E-state index in [2.05, 4.69) is 9.97 Å². The summed E-state index contributed by atoms with van der Waals surface area (Å²) in [6, 6.07) is 0. The molecule has 2 heterocycles. The van der Waals surface area contributed by atoms with Crippen molar-refractivity contribution in [3.8, 4) is 0 Å². The molecular weight excluding hydrogens is 204 g/mol. The Morgan fingerprint density at radius 3 is 3.06 bits per heavy atom. The van der Waals surface area contributed by atoms with Crippen molar-refractivity contribution in [1.29, 1.82) is 0 Å². The summed E-state index contributed by atoms with van der Waals surface area (Å²) in [4.78, 5) is 8.04. The molecular formula is C12H18N2O2. The third kappa shape index (κ3) is 3.25. The first kappa shape index (κ1) is 11.5. The van der Waals surface area contributed by atoms with E-state index < -0.39 is 6.10 Å². The molecule has 1 aliphatic rings. The molecule has 1 saturated heterocycles. The topological polar surface area (TPSA) is 55.2 Å². The van der Waals surface area contributed by atoms with Crippen LogP contribution in [0.15, 0.2) is 18.6 Å². The second-order valence-corrected chi connectivity index (χ2v) is 4.21. The van der Waals surface area contributed by atoms with Gasteiger partial charge in [-0.2, -0.15) is 0 Å². The first-order valence-electron chi connectivity index (χ1n) is 5.92. The summed E-state index contributed by atoms with van der Waals surface area (Å²) in [7, 11) is 0. The van der Waals surface area contributed by atoms with Gasteiger partial charge in [-0.3, -0.25) is 9.97 Å². The van der Waals surface area contributed by atoms with Crippen LogP contribution in [0.1, 0.15) is 43.9 Å². The van der Waals surface area contributed by atoms with Crippen LogP contribution in [0, 0.1) is 0 Å². The van der Waals surface area contributed by atoms with Gasteiger partial charge in [-0.15, -0.1) is 0 Å². The van der Waals surface area contributed by atoms with Gasteiger partial charge >= 0.3 is 0 Å². The molecule has 4 heteroatoms. The largest absolute Gasteiger partial charge is 0.387 e. The number of hydrogen-bond acceptors (Lipinski definition) is 4. The van der Waals surface area contributed by atoms with Crippen LogP contribution in [0.4, 0.5) is 0 Å². The maximum atomic E-state index is 9.89. The molecule has 0 aliphatic carbocycles. The highest BCUT2D eigenvalue weighted by molar-refractivity contribution is 4.98. The molecule has 2 rings (SSSR count). The van der Waals surface area contributed by atoms with E-state index in [-0.39, 0.29) is 0 Å². The standard InChI is InChI=1S/C12H18N2O2/c15-12(11-9-13-6-7-14-11)5-4-10-3-1-2-8-16-10/h6-7,9-10,12,15H,1-5,8H2. The minimum absolute atomic E-state index is 0.320. The highest BCUT2D eigenvalue weighted by Crippen LogP contribution is 2.22. The average Bonchev–Trinajstić information content (AvgIpc) is 2.38. The summed E-state index contributed by atoms with van der Waals surface area (Å²) >= 11 is 0. The van der Waals surface area contributed by atoms with Gasteiger partial charge in [0.15, 0.2) is 0 Å². The lowest BCUT2D eigenvalue weighted by atomic mass is 10.0. The van der Waals surface area contributed by atoms with E-state index in [1.807, 2.05) is 0 Å². The van der Waals surface area contributed by atoms with Crippen molar-refractivity contribution in [1.82, 2.24) is 9.97 Å². The minimum Gasteiger partial charge on any atom is -0.387 e. The van der Waals surface area contributed by atoms with Gasteiger partial charge in [0.25, 0.3) is 0 Å². The van der Waals surface area contributed by atoms with Crippen LogP contribution in [0.25, 0.3) is 0 Å². The molecule has 88 valence electrons. The van der Waals surface area contributed by atoms with Crippen LogP contribution in [0.5, 0.6) is 0 Å². The summed E-state index contributed by atoms with van der Waals surface area (Å²) in [6.45, 7) is 0.867.